The lowest BCUT2D eigenvalue weighted by molar-refractivity contribution is 0.0408. The lowest BCUT2D eigenvalue weighted by Crippen LogP contribution is -2.07. The zero-order chi connectivity index (χ0) is 21.1. The van der Waals surface area contributed by atoms with Crippen LogP contribution in [0.15, 0.2) is 133 Å². The summed E-state index contributed by atoms with van der Waals surface area (Å²) in [5.74, 6) is 0. The van der Waals surface area contributed by atoms with Crippen molar-refractivity contribution in [3.63, 3.8) is 0 Å². The molecule has 4 aromatic rings. The first-order chi connectivity index (χ1) is 15.4. The summed E-state index contributed by atoms with van der Waals surface area (Å²) in [6.45, 7) is 0. The molecule has 0 aromatic heterocycles. The van der Waals surface area contributed by atoms with Gasteiger partial charge in [-0.1, -0.05) is 146 Å². The monoisotopic (exact) mass is 402 g/mol. The van der Waals surface area contributed by atoms with Crippen molar-refractivity contribution < 1.29 is 4.74 Å². The van der Waals surface area contributed by atoms with Crippen molar-refractivity contribution in [2.45, 2.75) is 12.2 Å². The Morgan fingerprint density at radius 2 is 0.742 bits per heavy atom. The van der Waals surface area contributed by atoms with E-state index in [2.05, 4.69) is 97.1 Å². The summed E-state index contributed by atoms with van der Waals surface area (Å²) in [7, 11) is 0. The van der Waals surface area contributed by atoms with Crippen LogP contribution in [-0.2, 0) is 4.74 Å². The molecule has 0 aliphatic rings. The minimum absolute atomic E-state index is 0.174. The number of hydrogen-bond acceptors (Lipinski definition) is 1. The molecule has 2 atom stereocenters. The highest BCUT2D eigenvalue weighted by Crippen LogP contribution is 2.30. The molecule has 0 bridgehead atoms. The first-order valence-corrected chi connectivity index (χ1v) is 10.6. The molecule has 4 rings (SSSR count). The van der Waals surface area contributed by atoms with Gasteiger partial charge in [0.2, 0.25) is 0 Å². The van der Waals surface area contributed by atoms with Gasteiger partial charge in [0.05, 0.1) is 0 Å². The normalized spacial score (nSPS) is 13.4. The van der Waals surface area contributed by atoms with Gasteiger partial charge in [-0.25, -0.2) is 0 Å². The first kappa shape index (κ1) is 20.6. The summed E-state index contributed by atoms with van der Waals surface area (Å²) in [5, 5.41) is 0. The fraction of sp³-hybridized carbons (Fsp3) is 0.0667. The van der Waals surface area contributed by atoms with E-state index in [1.54, 1.807) is 0 Å². The Labute approximate surface area is 185 Å². The SMILES string of the molecule is C(=C\C(OC(/C=C/c1ccccc1)c1ccccc1)c1ccccc1)/c1ccccc1. The third kappa shape index (κ3) is 6.15. The maximum Gasteiger partial charge on any atom is 0.102 e. The van der Waals surface area contributed by atoms with Gasteiger partial charge in [-0.2, -0.15) is 0 Å². The van der Waals surface area contributed by atoms with E-state index >= 15 is 0 Å². The van der Waals surface area contributed by atoms with E-state index in [0.717, 1.165) is 22.3 Å². The van der Waals surface area contributed by atoms with E-state index in [0.29, 0.717) is 0 Å². The van der Waals surface area contributed by atoms with Crippen molar-refractivity contribution in [1.82, 2.24) is 0 Å². The fourth-order valence-electron chi connectivity index (χ4n) is 3.44. The molecule has 31 heavy (non-hydrogen) atoms. The first-order valence-electron chi connectivity index (χ1n) is 10.6. The molecule has 2 unspecified atom stereocenters. The van der Waals surface area contributed by atoms with Crippen molar-refractivity contribution in [3.05, 3.63) is 156 Å². The fourth-order valence-corrected chi connectivity index (χ4v) is 3.44. The highest BCUT2D eigenvalue weighted by atomic mass is 16.5. The molecular weight excluding hydrogens is 376 g/mol. The molecule has 0 amide bonds. The average Bonchev–Trinajstić information content (AvgIpc) is 2.86. The predicted octanol–water partition coefficient (Wildman–Crippen LogP) is 7.91. The van der Waals surface area contributed by atoms with Crippen LogP contribution in [0.1, 0.15) is 34.5 Å². The Kier molecular flexibility index (Phi) is 7.25. The lowest BCUT2D eigenvalue weighted by atomic mass is 10.0. The second-order valence-electron chi connectivity index (χ2n) is 7.34. The van der Waals surface area contributed by atoms with Crippen LogP contribution in [0.4, 0.5) is 0 Å². The molecule has 0 aliphatic heterocycles. The number of rotatable bonds is 8. The van der Waals surface area contributed by atoms with E-state index in [-0.39, 0.29) is 12.2 Å². The van der Waals surface area contributed by atoms with Gasteiger partial charge in [-0.15, -0.1) is 0 Å². The van der Waals surface area contributed by atoms with Crippen LogP contribution in [0.3, 0.4) is 0 Å². The maximum atomic E-state index is 6.69. The summed E-state index contributed by atoms with van der Waals surface area (Å²) in [6, 6.07) is 41.4. The molecule has 0 N–H and O–H groups in total. The van der Waals surface area contributed by atoms with E-state index in [9.17, 15) is 0 Å². The average molecular weight is 403 g/mol. The van der Waals surface area contributed by atoms with E-state index < -0.39 is 0 Å². The number of benzene rings is 4. The smallest absolute Gasteiger partial charge is 0.102 e. The second kappa shape index (κ2) is 10.9. The van der Waals surface area contributed by atoms with Crippen molar-refractivity contribution in [2.24, 2.45) is 0 Å². The molecule has 0 heterocycles. The Morgan fingerprint density at radius 3 is 1.10 bits per heavy atom. The zero-order valence-electron chi connectivity index (χ0n) is 17.4. The van der Waals surface area contributed by atoms with Gasteiger partial charge in [-0.05, 0) is 22.3 Å². The van der Waals surface area contributed by atoms with Crippen LogP contribution in [0.25, 0.3) is 12.2 Å². The van der Waals surface area contributed by atoms with Crippen LogP contribution in [0, 0.1) is 0 Å². The van der Waals surface area contributed by atoms with Gasteiger partial charge in [0.25, 0.3) is 0 Å². The Bertz CT molecular complexity index is 993. The van der Waals surface area contributed by atoms with Crippen LogP contribution < -0.4 is 0 Å². The van der Waals surface area contributed by atoms with Gasteiger partial charge >= 0.3 is 0 Å². The number of ether oxygens (including phenoxy) is 1. The Balaban J connectivity index is 1.64. The minimum atomic E-state index is -0.174. The van der Waals surface area contributed by atoms with E-state index in [1.165, 1.54) is 0 Å². The second-order valence-corrected chi connectivity index (χ2v) is 7.34. The molecule has 1 heteroatoms. The summed E-state index contributed by atoms with van der Waals surface area (Å²) >= 11 is 0. The van der Waals surface area contributed by atoms with Gasteiger partial charge in [0.1, 0.15) is 12.2 Å². The third-order valence-electron chi connectivity index (χ3n) is 5.08. The zero-order valence-corrected chi connectivity index (χ0v) is 17.4. The van der Waals surface area contributed by atoms with Gasteiger partial charge in [0.15, 0.2) is 0 Å². The summed E-state index contributed by atoms with van der Waals surface area (Å²) in [5.41, 5.74) is 4.57. The van der Waals surface area contributed by atoms with Gasteiger partial charge in [-0.3, -0.25) is 0 Å². The molecule has 0 radical (unpaired) electrons. The Hall–Kier alpha value is -3.68. The maximum absolute atomic E-state index is 6.69. The molecule has 0 fully saturated rings. The van der Waals surface area contributed by atoms with Crippen LogP contribution in [0.2, 0.25) is 0 Å². The standard InChI is InChI=1S/C30H26O/c1-5-13-25(14-6-1)21-23-29(27-17-9-3-10-18-27)31-30(28-19-11-4-12-20-28)24-22-26-15-7-2-8-16-26/h1-24,29-30H/b23-21+,24-22+. The van der Waals surface area contributed by atoms with Crippen LogP contribution in [0.5, 0.6) is 0 Å². The molecular formula is C30H26O. The van der Waals surface area contributed by atoms with Crippen molar-refractivity contribution in [1.29, 1.82) is 0 Å². The van der Waals surface area contributed by atoms with Crippen molar-refractivity contribution in [3.8, 4) is 0 Å². The number of hydrogen-bond donors (Lipinski definition) is 0. The van der Waals surface area contributed by atoms with Crippen molar-refractivity contribution >= 4 is 12.2 Å². The van der Waals surface area contributed by atoms with Gasteiger partial charge in [0, 0.05) is 0 Å². The van der Waals surface area contributed by atoms with Crippen molar-refractivity contribution in [2.75, 3.05) is 0 Å². The molecule has 0 spiro atoms. The van der Waals surface area contributed by atoms with Crippen LogP contribution in [-0.4, -0.2) is 0 Å². The highest BCUT2D eigenvalue weighted by molar-refractivity contribution is 5.51. The molecule has 0 saturated heterocycles. The van der Waals surface area contributed by atoms with Crippen LogP contribution >= 0.6 is 0 Å². The summed E-state index contributed by atoms with van der Waals surface area (Å²) in [6.07, 6.45) is 8.17. The highest BCUT2D eigenvalue weighted by Gasteiger charge is 2.16. The van der Waals surface area contributed by atoms with E-state index in [4.69, 9.17) is 4.74 Å². The summed E-state index contributed by atoms with van der Waals surface area (Å²) < 4.78 is 6.69. The molecule has 1 nitrogen and oxygen atoms in total. The molecule has 4 aromatic carbocycles. The quantitative estimate of drug-likeness (QED) is 0.291. The molecule has 0 saturated carbocycles. The predicted molar refractivity (Wildman–Crippen MR) is 130 cm³/mol. The summed E-state index contributed by atoms with van der Waals surface area (Å²) in [4.78, 5) is 0. The Morgan fingerprint density at radius 1 is 0.419 bits per heavy atom. The topological polar surface area (TPSA) is 9.23 Å². The third-order valence-corrected chi connectivity index (χ3v) is 5.08. The largest absolute Gasteiger partial charge is 0.357 e. The van der Waals surface area contributed by atoms with Gasteiger partial charge < -0.3 is 4.74 Å². The molecule has 0 aliphatic carbocycles. The minimum Gasteiger partial charge on any atom is -0.357 e. The lowest BCUT2D eigenvalue weighted by Gasteiger charge is -2.22. The molecule has 152 valence electrons. The van der Waals surface area contributed by atoms with E-state index in [1.807, 2.05) is 48.5 Å².